The van der Waals surface area contributed by atoms with Crippen LogP contribution in [-0.2, 0) is 11.0 Å². The average Bonchev–Trinajstić information content (AvgIpc) is 2.68. The zero-order valence-corrected chi connectivity index (χ0v) is 15.9. The molecule has 3 rings (SSSR count). The summed E-state index contributed by atoms with van der Waals surface area (Å²) in [6.45, 7) is 1.97. The molecule has 11 heteroatoms. The molecule has 0 saturated carbocycles. The van der Waals surface area contributed by atoms with Crippen LogP contribution >= 0.6 is 0 Å². The molecular formula is C20H18F6N2O3. The Morgan fingerprint density at radius 1 is 1.06 bits per heavy atom. The van der Waals surface area contributed by atoms with E-state index in [1.54, 1.807) is 6.07 Å². The number of carbonyl (C=O) groups is 1. The van der Waals surface area contributed by atoms with Crippen molar-refractivity contribution in [2.75, 3.05) is 13.1 Å². The van der Waals surface area contributed by atoms with Gasteiger partial charge in [0.05, 0.1) is 5.56 Å². The Morgan fingerprint density at radius 2 is 1.71 bits per heavy atom. The third-order valence-corrected chi connectivity index (χ3v) is 4.00. The molecule has 0 aliphatic carbocycles. The van der Waals surface area contributed by atoms with E-state index in [2.05, 4.69) is 16.4 Å². The van der Waals surface area contributed by atoms with Crippen molar-refractivity contribution in [1.82, 2.24) is 10.3 Å². The maximum atomic E-state index is 12.5. The summed E-state index contributed by atoms with van der Waals surface area (Å²) in [5, 5.41) is 10.4. The lowest BCUT2D eigenvalue weighted by atomic mass is 10.0. The van der Waals surface area contributed by atoms with E-state index in [1.807, 2.05) is 18.2 Å². The number of carboxylic acids is 1. The van der Waals surface area contributed by atoms with Gasteiger partial charge in [0, 0.05) is 12.3 Å². The predicted molar refractivity (Wildman–Crippen MR) is 99.5 cm³/mol. The third-order valence-electron chi connectivity index (χ3n) is 4.00. The number of benzene rings is 1. The van der Waals surface area contributed by atoms with Gasteiger partial charge in [0.2, 0.25) is 5.88 Å². The fraction of sp³-hybridized carbons (Fsp3) is 0.300. The lowest BCUT2D eigenvalue weighted by Gasteiger charge is -2.15. The molecule has 0 radical (unpaired) electrons. The zero-order chi connectivity index (χ0) is 23.1. The maximum Gasteiger partial charge on any atom is 0.490 e. The van der Waals surface area contributed by atoms with Crippen LogP contribution < -0.4 is 10.1 Å². The number of ether oxygens (including phenoxy) is 1. The number of pyridine rings is 1. The number of alkyl halides is 6. The zero-order valence-electron chi connectivity index (χ0n) is 15.9. The quantitative estimate of drug-likeness (QED) is 0.625. The number of carboxylic acid groups (broad SMARTS) is 1. The summed E-state index contributed by atoms with van der Waals surface area (Å²) < 4.78 is 74.9. The molecule has 1 aromatic heterocycles. The highest BCUT2D eigenvalue weighted by Crippen LogP contribution is 2.30. The second kappa shape index (κ2) is 10.3. The van der Waals surface area contributed by atoms with Gasteiger partial charge in [-0.1, -0.05) is 23.8 Å². The number of hydrogen-bond donors (Lipinski definition) is 2. The van der Waals surface area contributed by atoms with E-state index in [0.717, 1.165) is 43.8 Å². The van der Waals surface area contributed by atoms with E-state index in [9.17, 15) is 26.3 Å². The minimum Gasteiger partial charge on any atom is -0.475 e. The second-order valence-corrected chi connectivity index (χ2v) is 6.41. The van der Waals surface area contributed by atoms with Gasteiger partial charge in [-0.15, -0.1) is 0 Å². The Labute approximate surface area is 173 Å². The first kappa shape index (κ1) is 24.2. The molecule has 168 valence electrons. The third kappa shape index (κ3) is 8.28. The van der Waals surface area contributed by atoms with Crippen LogP contribution in [-0.4, -0.2) is 35.3 Å². The SMILES string of the molecule is FC(F)(F)c1ccc(Oc2cccc(C=C3CCNCC3)c2)nc1.O=C(O)C(F)(F)F. The summed E-state index contributed by atoms with van der Waals surface area (Å²) in [5.41, 5.74) is 1.59. The molecule has 2 N–H and O–H groups in total. The summed E-state index contributed by atoms with van der Waals surface area (Å²) in [6.07, 6.45) is -4.53. The smallest absolute Gasteiger partial charge is 0.475 e. The highest BCUT2D eigenvalue weighted by Gasteiger charge is 2.38. The monoisotopic (exact) mass is 448 g/mol. The minimum atomic E-state index is -5.08. The van der Waals surface area contributed by atoms with Gasteiger partial charge < -0.3 is 15.2 Å². The standard InChI is InChI=1S/C18H17F3N2O.C2HF3O2/c19-18(20,21)15-4-5-17(23-12-15)24-16-3-1-2-14(11-16)10-13-6-8-22-9-7-13;3-2(4,5)1(6)7/h1-5,10-12,22H,6-9H2;(H,6,7). The molecule has 1 fully saturated rings. The number of halogens is 6. The van der Waals surface area contributed by atoms with E-state index in [4.69, 9.17) is 14.6 Å². The van der Waals surface area contributed by atoms with Crippen molar-refractivity contribution >= 4 is 12.0 Å². The van der Waals surface area contributed by atoms with Crippen molar-refractivity contribution in [1.29, 1.82) is 0 Å². The van der Waals surface area contributed by atoms with Gasteiger partial charge in [-0.2, -0.15) is 26.3 Å². The minimum absolute atomic E-state index is 0.134. The van der Waals surface area contributed by atoms with Crippen LogP contribution in [0.3, 0.4) is 0 Å². The molecule has 2 heterocycles. The Kier molecular flexibility index (Phi) is 8.03. The van der Waals surface area contributed by atoms with Crippen molar-refractivity contribution < 1.29 is 41.0 Å². The molecule has 1 aliphatic rings. The molecule has 1 aromatic carbocycles. The molecule has 0 atom stereocenters. The average molecular weight is 448 g/mol. The lowest BCUT2D eigenvalue weighted by Crippen LogP contribution is -2.22. The first-order valence-electron chi connectivity index (χ1n) is 8.96. The van der Waals surface area contributed by atoms with Crippen LogP contribution in [0.4, 0.5) is 26.3 Å². The fourth-order valence-corrected chi connectivity index (χ4v) is 2.52. The molecular weight excluding hydrogens is 430 g/mol. The van der Waals surface area contributed by atoms with Gasteiger partial charge in [0.1, 0.15) is 5.75 Å². The lowest BCUT2D eigenvalue weighted by molar-refractivity contribution is -0.192. The second-order valence-electron chi connectivity index (χ2n) is 6.41. The van der Waals surface area contributed by atoms with Crippen LogP contribution in [0.2, 0.25) is 0 Å². The van der Waals surface area contributed by atoms with E-state index in [0.29, 0.717) is 5.75 Å². The van der Waals surface area contributed by atoms with Gasteiger partial charge in [-0.3, -0.25) is 0 Å². The van der Waals surface area contributed by atoms with Gasteiger partial charge in [-0.25, -0.2) is 9.78 Å². The van der Waals surface area contributed by atoms with Crippen LogP contribution in [0.5, 0.6) is 11.6 Å². The molecule has 1 aliphatic heterocycles. The van der Waals surface area contributed by atoms with Crippen LogP contribution in [0.1, 0.15) is 24.0 Å². The van der Waals surface area contributed by atoms with Crippen molar-refractivity contribution in [2.24, 2.45) is 0 Å². The molecule has 0 bridgehead atoms. The number of aliphatic carboxylic acids is 1. The summed E-state index contributed by atoms with van der Waals surface area (Å²) >= 11 is 0. The predicted octanol–water partition coefficient (Wildman–Crippen LogP) is 5.29. The molecule has 0 spiro atoms. The van der Waals surface area contributed by atoms with E-state index in [1.165, 1.54) is 11.6 Å². The Hall–Kier alpha value is -3.08. The van der Waals surface area contributed by atoms with Crippen LogP contribution in [0.15, 0.2) is 48.2 Å². The number of piperidine rings is 1. The number of hydrogen-bond acceptors (Lipinski definition) is 4. The number of rotatable bonds is 3. The van der Waals surface area contributed by atoms with Crippen LogP contribution in [0, 0.1) is 0 Å². The first-order valence-corrected chi connectivity index (χ1v) is 8.96. The molecule has 1 saturated heterocycles. The van der Waals surface area contributed by atoms with Gasteiger partial charge >= 0.3 is 18.3 Å². The van der Waals surface area contributed by atoms with E-state index in [-0.39, 0.29) is 5.88 Å². The van der Waals surface area contributed by atoms with Crippen molar-refractivity contribution in [2.45, 2.75) is 25.2 Å². The maximum absolute atomic E-state index is 12.5. The van der Waals surface area contributed by atoms with Gasteiger partial charge in [0.25, 0.3) is 0 Å². The Bertz CT molecular complexity index is 900. The normalized spacial score (nSPS) is 14.3. The fourth-order valence-electron chi connectivity index (χ4n) is 2.52. The molecule has 5 nitrogen and oxygen atoms in total. The van der Waals surface area contributed by atoms with E-state index >= 15 is 0 Å². The highest BCUT2D eigenvalue weighted by molar-refractivity contribution is 5.73. The molecule has 0 amide bonds. The van der Waals surface area contributed by atoms with Crippen LogP contribution in [0.25, 0.3) is 6.08 Å². The van der Waals surface area contributed by atoms with Gasteiger partial charge in [-0.05, 0) is 49.7 Å². The summed E-state index contributed by atoms with van der Waals surface area (Å²) in [6, 6.07) is 9.62. The molecule has 0 unspecified atom stereocenters. The number of nitrogens with zero attached hydrogens (tertiary/aromatic N) is 1. The van der Waals surface area contributed by atoms with Crippen molar-refractivity contribution in [3.8, 4) is 11.6 Å². The van der Waals surface area contributed by atoms with Crippen molar-refractivity contribution in [3.63, 3.8) is 0 Å². The largest absolute Gasteiger partial charge is 0.490 e. The summed E-state index contributed by atoms with van der Waals surface area (Å²) in [5.74, 6) is -2.08. The summed E-state index contributed by atoms with van der Waals surface area (Å²) in [4.78, 5) is 12.6. The summed E-state index contributed by atoms with van der Waals surface area (Å²) in [7, 11) is 0. The van der Waals surface area contributed by atoms with Gasteiger partial charge in [0.15, 0.2) is 0 Å². The number of nitrogens with one attached hydrogen (secondary N) is 1. The first-order chi connectivity index (χ1) is 14.4. The van der Waals surface area contributed by atoms with E-state index < -0.39 is 23.9 Å². The molecule has 31 heavy (non-hydrogen) atoms. The van der Waals surface area contributed by atoms with Crippen molar-refractivity contribution in [3.05, 3.63) is 59.3 Å². The Morgan fingerprint density at radius 3 is 2.23 bits per heavy atom. The Balaban J connectivity index is 0.000000423. The highest BCUT2D eigenvalue weighted by atomic mass is 19.4. The number of aromatic nitrogens is 1. The molecule has 2 aromatic rings. The topological polar surface area (TPSA) is 71.5 Å².